The van der Waals surface area contributed by atoms with Crippen LogP contribution in [-0.2, 0) is 24.9 Å². The topological polar surface area (TPSA) is 73.7 Å². The molecule has 1 aromatic heterocycles. The van der Waals surface area contributed by atoms with Crippen molar-refractivity contribution in [2.24, 2.45) is 7.05 Å². The first-order valence-corrected chi connectivity index (χ1v) is 9.86. The van der Waals surface area contributed by atoms with E-state index in [4.69, 9.17) is 9.47 Å². The number of imidazole rings is 1. The number of benzene rings is 2. The summed E-state index contributed by atoms with van der Waals surface area (Å²) in [7, 11) is 1.90. The molecule has 0 saturated heterocycles. The maximum Gasteiger partial charge on any atom is 0.231 e. The predicted molar refractivity (Wildman–Crippen MR) is 108 cm³/mol. The molecule has 0 N–H and O–H groups in total. The number of aryl methyl sites for hydroxylation is 1. The molecule has 1 amide bonds. The molecular weight excluding hydrogens is 382 g/mol. The summed E-state index contributed by atoms with van der Waals surface area (Å²) in [5.74, 6) is 1.64. The number of hydrogen-bond acceptors (Lipinski definition) is 5. The van der Waals surface area contributed by atoms with Gasteiger partial charge in [0.1, 0.15) is 5.82 Å². The van der Waals surface area contributed by atoms with Crippen molar-refractivity contribution in [1.29, 1.82) is 0 Å². The quantitative estimate of drug-likeness (QED) is 0.655. The zero-order valence-corrected chi connectivity index (χ0v) is 16.6. The minimum Gasteiger partial charge on any atom is -0.454 e. The molecule has 0 spiro atoms. The highest BCUT2D eigenvalue weighted by molar-refractivity contribution is 6.06. The third kappa shape index (κ3) is 3.22. The minimum absolute atomic E-state index is 0.0176. The average Bonchev–Trinajstić information content (AvgIpc) is 3.46. The van der Waals surface area contributed by atoms with E-state index in [1.54, 1.807) is 17.2 Å². The van der Waals surface area contributed by atoms with E-state index in [2.05, 4.69) is 4.98 Å². The molecule has 3 aromatic rings. The van der Waals surface area contributed by atoms with Crippen molar-refractivity contribution in [3.05, 3.63) is 77.4 Å². The number of amides is 1. The lowest BCUT2D eigenvalue weighted by Crippen LogP contribution is -2.34. The van der Waals surface area contributed by atoms with Crippen LogP contribution >= 0.6 is 0 Å². The second-order valence-electron chi connectivity index (χ2n) is 7.60. The Kier molecular flexibility index (Phi) is 4.50. The van der Waals surface area contributed by atoms with Crippen LogP contribution in [0.5, 0.6) is 11.5 Å². The molecule has 2 heterocycles. The largest absolute Gasteiger partial charge is 0.454 e. The fourth-order valence-corrected chi connectivity index (χ4v) is 4.09. The van der Waals surface area contributed by atoms with Gasteiger partial charge < -0.3 is 18.9 Å². The summed E-state index contributed by atoms with van der Waals surface area (Å²) in [4.78, 5) is 32.2. The maximum absolute atomic E-state index is 13.6. The van der Waals surface area contributed by atoms with Crippen molar-refractivity contribution < 1.29 is 19.1 Å². The Morgan fingerprint density at radius 2 is 2.00 bits per heavy atom. The molecule has 1 aliphatic heterocycles. The second-order valence-corrected chi connectivity index (χ2v) is 7.60. The van der Waals surface area contributed by atoms with Gasteiger partial charge in [-0.2, -0.15) is 0 Å². The van der Waals surface area contributed by atoms with Crippen LogP contribution in [0.15, 0.2) is 54.9 Å². The van der Waals surface area contributed by atoms with Gasteiger partial charge in [0.25, 0.3) is 0 Å². The zero-order valence-electron chi connectivity index (χ0n) is 16.6. The van der Waals surface area contributed by atoms with Gasteiger partial charge in [-0.3, -0.25) is 9.59 Å². The number of rotatable bonds is 5. The van der Waals surface area contributed by atoms with E-state index in [1.807, 2.05) is 54.2 Å². The van der Waals surface area contributed by atoms with Crippen LogP contribution < -0.4 is 9.47 Å². The van der Waals surface area contributed by atoms with Crippen molar-refractivity contribution in [3.63, 3.8) is 0 Å². The van der Waals surface area contributed by atoms with E-state index in [9.17, 15) is 9.59 Å². The molecule has 2 aliphatic rings. The van der Waals surface area contributed by atoms with Gasteiger partial charge in [0.15, 0.2) is 17.3 Å². The van der Waals surface area contributed by atoms with E-state index in [-0.39, 0.29) is 24.9 Å². The summed E-state index contributed by atoms with van der Waals surface area (Å²) >= 11 is 0. The number of ether oxygens (including phenoxy) is 2. The van der Waals surface area contributed by atoms with Crippen molar-refractivity contribution in [3.8, 4) is 11.5 Å². The first kappa shape index (κ1) is 18.4. The van der Waals surface area contributed by atoms with Crippen LogP contribution in [0.4, 0.5) is 0 Å². The van der Waals surface area contributed by atoms with E-state index in [0.29, 0.717) is 30.2 Å². The smallest absolute Gasteiger partial charge is 0.231 e. The molecule has 5 rings (SSSR count). The summed E-state index contributed by atoms with van der Waals surface area (Å²) in [6.07, 6.45) is 3.77. The normalized spacial score (nSPS) is 16.6. The summed E-state index contributed by atoms with van der Waals surface area (Å²) in [5.41, 5.74) is 2.39. The molecule has 0 radical (unpaired) electrons. The fraction of sp³-hybridized carbons (Fsp3) is 0.261. The Hall–Kier alpha value is -3.61. The van der Waals surface area contributed by atoms with Crippen LogP contribution in [0.2, 0.25) is 0 Å². The summed E-state index contributed by atoms with van der Waals surface area (Å²) in [5, 5.41) is 0. The van der Waals surface area contributed by atoms with Gasteiger partial charge in [-0.1, -0.05) is 30.3 Å². The summed E-state index contributed by atoms with van der Waals surface area (Å²) in [6, 6.07) is 13.1. The SMILES string of the molecule is Cn1ccnc1CN(Cc1ccc2c(c1)OCO2)C(=O)C1CC(=O)c2ccccc21. The van der Waals surface area contributed by atoms with Crippen molar-refractivity contribution in [2.45, 2.75) is 25.4 Å². The number of fused-ring (bicyclic) bond motifs is 2. The number of carbonyl (C=O) groups is 2. The number of aromatic nitrogens is 2. The molecule has 0 bridgehead atoms. The highest BCUT2D eigenvalue weighted by Gasteiger charge is 2.36. The van der Waals surface area contributed by atoms with Crippen molar-refractivity contribution in [1.82, 2.24) is 14.5 Å². The number of nitrogens with zero attached hydrogens (tertiary/aromatic N) is 3. The maximum atomic E-state index is 13.6. The van der Waals surface area contributed by atoms with Crippen molar-refractivity contribution in [2.75, 3.05) is 6.79 Å². The lowest BCUT2D eigenvalue weighted by molar-refractivity contribution is -0.134. The molecule has 0 saturated carbocycles. The molecule has 1 aliphatic carbocycles. The molecule has 0 fully saturated rings. The number of ketones is 1. The monoisotopic (exact) mass is 403 g/mol. The average molecular weight is 403 g/mol. The Labute approximate surface area is 173 Å². The highest BCUT2D eigenvalue weighted by Crippen LogP contribution is 2.36. The first-order chi connectivity index (χ1) is 14.6. The number of hydrogen-bond donors (Lipinski definition) is 0. The molecule has 30 heavy (non-hydrogen) atoms. The Bertz CT molecular complexity index is 1140. The van der Waals surface area contributed by atoms with Crippen LogP contribution in [-0.4, -0.2) is 32.9 Å². The number of Topliss-reactive ketones (excluding diaryl/α,β-unsaturated/α-hetero) is 1. The van der Waals surface area contributed by atoms with Gasteiger partial charge in [0.2, 0.25) is 12.7 Å². The molecule has 2 aromatic carbocycles. The Morgan fingerprint density at radius 3 is 2.83 bits per heavy atom. The molecule has 7 heteroatoms. The second kappa shape index (κ2) is 7.33. The summed E-state index contributed by atoms with van der Waals surface area (Å²) in [6.45, 7) is 0.939. The molecular formula is C23H21N3O4. The molecule has 152 valence electrons. The molecule has 1 atom stereocenters. The van der Waals surface area contributed by atoms with Gasteiger partial charge >= 0.3 is 0 Å². The standard InChI is InChI=1S/C23H21N3O4/c1-25-9-8-24-22(25)13-26(12-15-6-7-20-21(10-15)30-14-29-20)23(28)18-11-19(27)17-5-3-2-4-16(17)18/h2-10,18H,11-14H2,1H3. The highest BCUT2D eigenvalue weighted by atomic mass is 16.7. The minimum atomic E-state index is -0.469. The van der Waals surface area contributed by atoms with E-state index >= 15 is 0 Å². The Balaban J connectivity index is 1.46. The van der Waals surface area contributed by atoms with Gasteiger partial charge in [-0.15, -0.1) is 0 Å². The molecule has 7 nitrogen and oxygen atoms in total. The lowest BCUT2D eigenvalue weighted by Gasteiger charge is -2.26. The fourth-order valence-electron chi connectivity index (χ4n) is 4.09. The van der Waals surface area contributed by atoms with Crippen LogP contribution in [0, 0.1) is 0 Å². The van der Waals surface area contributed by atoms with Crippen LogP contribution in [0.1, 0.15) is 39.6 Å². The van der Waals surface area contributed by atoms with E-state index in [1.165, 1.54) is 0 Å². The van der Waals surface area contributed by atoms with Crippen LogP contribution in [0.25, 0.3) is 0 Å². The van der Waals surface area contributed by atoms with E-state index in [0.717, 1.165) is 17.0 Å². The van der Waals surface area contributed by atoms with Crippen LogP contribution in [0.3, 0.4) is 0 Å². The molecule has 1 unspecified atom stereocenters. The zero-order chi connectivity index (χ0) is 20.7. The van der Waals surface area contributed by atoms with Crippen molar-refractivity contribution >= 4 is 11.7 Å². The van der Waals surface area contributed by atoms with E-state index < -0.39 is 5.92 Å². The van der Waals surface area contributed by atoms with Gasteiger partial charge in [-0.05, 0) is 23.3 Å². The van der Waals surface area contributed by atoms with Gasteiger partial charge in [0.05, 0.1) is 12.5 Å². The van der Waals surface area contributed by atoms with Gasteiger partial charge in [0, 0.05) is 38.0 Å². The Morgan fingerprint density at radius 1 is 1.17 bits per heavy atom. The lowest BCUT2D eigenvalue weighted by atomic mass is 9.99. The number of carbonyl (C=O) groups excluding carboxylic acids is 2. The predicted octanol–water partition coefficient (Wildman–Crippen LogP) is 3.05. The first-order valence-electron chi connectivity index (χ1n) is 9.86. The third-order valence-corrected chi connectivity index (χ3v) is 5.70. The third-order valence-electron chi connectivity index (χ3n) is 5.70. The summed E-state index contributed by atoms with van der Waals surface area (Å²) < 4.78 is 12.8. The van der Waals surface area contributed by atoms with Gasteiger partial charge in [-0.25, -0.2) is 4.98 Å².